The highest BCUT2D eigenvalue weighted by molar-refractivity contribution is 7.39. The third kappa shape index (κ3) is 4.39. The van der Waals surface area contributed by atoms with Gasteiger partial charge in [-0.05, 0) is 0 Å². The van der Waals surface area contributed by atoms with Crippen molar-refractivity contribution in [3.8, 4) is 0 Å². The van der Waals surface area contributed by atoms with E-state index in [1.165, 1.54) is 0 Å². The molecule has 0 aliphatic heterocycles. The SMILES string of the molecule is NCC(N)OP(O)O. The minimum Gasteiger partial charge on any atom is -0.328 e. The van der Waals surface area contributed by atoms with Gasteiger partial charge in [0.15, 0.2) is 0 Å². The summed E-state index contributed by atoms with van der Waals surface area (Å²) in [6.07, 6.45) is -0.767. The van der Waals surface area contributed by atoms with E-state index in [2.05, 4.69) is 4.52 Å². The Balaban J connectivity index is 3.10. The van der Waals surface area contributed by atoms with Crippen molar-refractivity contribution in [3.63, 3.8) is 0 Å². The molecule has 0 aliphatic rings. The van der Waals surface area contributed by atoms with Crippen LogP contribution >= 0.6 is 8.60 Å². The van der Waals surface area contributed by atoms with Crippen LogP contribution in [-0.2, 0) is 4.52 Å². The Kier molecular flexibility index (Phi) is 4.26. The van der Waals surface area contributed by atoms with Crippen molar-refractivity contribution < 1.29 is 14.3 Å². The second kappa shape index (κ2) is 4.14. The molecule has 0 saturated heterocycles. The molecule has 0 fully saturated rings. The van der Waals surface area contributed by atoms with Gasteiger partial charge >= 0.3 is 8.60 Å². The van der Waals surface area contributed by atoms with E-state index in [-0.39, 0.29) is 6.54 Å². The van der Waals surface area contributed by atoms with E-state index in [0.717, 1.165) is 0 Å². The largest absolute Gasteiger partial charge is 0.328 e. The maximum atomic E-state index is 8.12. The lowest BCUT2D eigenvalue weighted by Gasteiger charge is -2.08. The van der Waals surface area contributed by atoms with Crippen LogP contribution in [0.3, 0.4) is 0 Å². The van der Waals surface area contributed by atoms with Crippen molar-refractivity contribution in [1.29, 1.82) is 0 Å². The first-order chi connectivity index (χ1) is 3.66. The van der Waals surface area contributed by atoms with Crippen LogP contribution in [0.2, 0.25) is 0 Å². The summed E-state index contributed by atoms with van der Waals surface area (Å²) in [4.78, 5) is 16.2. The van der Waals surface area contributed by atoms with E-state index >= 15 is 0 Å². The zero-order valence-electron chi connectivity index (χ0n) is 4.19. The summed E-state index contributed by atoms with van der Waals surface area (Å²) in [6.45, 7) is 0.0833. The van der Waals surface area contributed by atoms with Crippen molar-refractivity contribution in [2.75, 3.05) is 6.54 Å². The topological polar surface area (TPSA) is 102 Å². The lowest BCUT2D eigenvalue weighted by Crippen LogP contribution is -2.30. The molecule has 50 valence electrons. The second-order valence-electron chi connectivity index (χ2n) is 1.13. The zero-order chi connectivity index (χ0) is 6.57. The van der Waals surface area contributed by atoms with Gasteiger partial charge < -0.3 is 21.3 Å². The highest BCUT2D eigenvalue weighted by Crippen LogP contribution is 2.24. The standard InChI is InChI=1S/C2H9N2O3P/c3-1-2(4)7-8(5)6/h2,5-6H,1,3-4H2. The van der Waals surface area contributed by atoms with Crippen LogP contribution in [0.15, 0.2) is 0 Å². The van der Waals surface area contributed by atoms with Gasteiger partial charge in [0.05, 0.1) is 0 Å². The molecule has 0 aliphatic carbocycles. The monoisotopic (exact) mass is 140 g/mol. The predicted molar refractivity (Wildman–Crippen MR) is 29.5 cm³/mol. The molecule has 1 unspecified atom stereocenters. The minimum atomic E-state index is -2.35. The van der Waals surface area contributed by atoms with Crippen LogP contribution in [-0.4, -0.2) is 22.6 Å². The van der Waals surface area contributed by atoms with Gasteiger partial charge in [-0.3, -0.25) is 4.52 Å². The van der Waals surface area contributed by atoms with Gasteiger partial charge in [-0.25, -0.2) is 0 Å². The van der Waals surface area contributed by atoms with Crippen LogP contribution in [0.1, 0.15) is 0 Å². The molecule has 0 heterocycles. The molecule has 0 aromatic carbocycles. The number of hydrogen-bond donors (Lipinski definition) is 4. The van der Waals surface area contributed by atoms with E-state index in [9.17, 15) is 0 Å². The molecule has 0 bridgehead atoms. The highest BCUT2D eigenvalue weighted by Gasteiger charge is 2.04. The molecule has 6 heteroatoms. The summed E-state index contributed by atoms with van der Waals surface area (Å²) < 4.78 is 4.23. The first kappa shape index (κ1) is 8.23. The van der Waals surface area contributed by atoms with Crippen molar-refractivity contribution >= 4 is 8.60 Å². The van der Waals surface area contributed by atoms with Gasteiger partial charge in [0.25, 0.3) is 0 Å². The van der Waals surface area contributed by atoms with Crippen LogP contribution < -0.4 is 11.5 Å². The van der Waals surface area contributed by atoms with E-state index in [4.69, 9.17) is 21.3 Å². The first-order valence-electron chi connectivity index (χ1n) is 1.97. The van der Waals surface area contributed by atoms with Gasteiger partial charge in [-0.1, -0.05) is 0 Å². The number of hydrogen-bond acceptors (Lipinski definition) is 5. The van der Waals surface area contributed by atoms with E-state index < -0.39 is 14.8 Å². The molecule has 0 saturated carbocycles. The van der Waals surface area contributed by atoms with Crippen molar-refractivity contribution in [2.45, 2.75) is 6.23 Å². The molecule has 8 heavy (non-hydrogen) atoms. The average Bonchev–Trinajstić information content (AvgIpc) is 1.65. The summed E-state index contributed by atoms with van der Waals surface area (Å²) in [5.41, 5.74) is 9.98. The van der Waals surface area contributed by atoms with Gasteiger partial charge in [-0.15, -0.1) is 0 Å². The predicted octanol–water partition coefficient (Wildman–Crippen LogP) is -1.54. The normalized spacial score (nSPS) is 14.6. The third-order valence-corrected chi connectivity index (χ3v) is 0.921. The molecule has 0 aromatic heterocycles. The van der Waals surface area contributed by atoms with Gasteiger partial charge in [0.2, 0.25) is 0 Å². The molecule has 6 N–H and O–H groups in total. The Bertz CT molecular complexity index is 61.2. The Hall–Kier alpha value is 0.230. The molecular weight excluding hydrogens is 131 g/mol. The number of rotatable bonds is 3. The molecule has 5 nitrogen and oxygen atoms in total. The maximum Gasteiger partial charge on any atom is 0.328 e. The van der Waals surface area contributed by atoms with E-state index in [0.29, 0.717) is 0 Å². The van der Waals surface area contributed by atoms with Crippen LogP contribution in [0, 0.1) is 0 Å². The smallest absolute Gasteiger partial charge is 0.328 e. The van der Waals surface area contributed by atoms with Crippen molar-refractivity contribution in [1.82, 2.24) is 0 Å². The molecule has 0 radical (unpaired) electrons. The van der Waals surface area contributed by atoms with Gasteiger partial charge in [0.1, 0.15) is 6.23 Å². The fraction of sp³-hybridized carbons (Fsp3) is 1.00. The summed E-state index contributed by atoms with van der Waals surface area (Å²) in [5.74, 6) is 0. The molecule has 1 atom stereocenters. The Morgan fingerprint density at radius 2 is 2.12 bits per heavy atom. The molecule has 0 aromatic rings. The van der Waals surface area contributed by atoms with Crippen LogP contribution in [0.25, 0.3) is 0 Å². The third-order valence-electron chi connectivity index (χ3n) is 0.462. The summed E-state index contributed by atoms with van der Waals surface area (Å²) in [6, 6.07) is 0. The first-order valence-corrected chi connectivity index (χ1v) is 3.13. The fourth-order valence-corrected chi connectivity index (χ4v) is 0.492. The Morgan fingerprint density at radius 1 is 1.62 bits per heavy atom. The molecule has 0 spiro atoms. The summed E-state index contributed by atoms with van der Waals surface area (Å²) >= 11 is 0. The number of nitrogens with two attached hydrogens (primary N) is 2. The van der Waals surface area contributed by atoms with E-state index in [1.54, 1.807) is 0 Å². The quantitative estimate of drug-likeness (QED) is 0.281. The maximum absolute atomic E-state index is 8.12. The average molecular weight is 140 g/mol. The summed E-state index contributed by atoms with van der Waals surface area (Å²) in [5, 5.41) is 0. The molecule has 0 amide bonds. The van der Waals surface area contributed by atoms with Crippen molar-refractivity contribution in [2.24, 2.45) is 11.5 Å². The van der Waals surface area contributed by atoms with Crippen LogP contribution in [0.5, 0.6) is 0 Å². The minimum absolute atomic E-state index is 0.0833. The summed E-state index contributed by atoms with van der Waals surface area (Å²) in [7, 11) is -2.35. The van der Waals surface area contributed by atoms with E-state index in [1.807, 2.05) is 0 Å². The fourth-order valence-electron chi connectivity index (χ4n) is 0.164. The highest BCUT2D eigenvalue weighted by atomic mass is 31.2. The Morgan fingerprint density at radius 3 is 2.25 bits per heavy atom. The second-order valence-corrected chi connectivity index (χ2v) is 1.85. The zero-order valence-corrected chi connectivity index (χ0v) is 5.08. The molecular formula is C2H9N2O3P. The van der Waals surface area contributed by atoms with Crippen molar-refractivity contribution in [3.05, 3.63) is 0 Å². The van der Waals surface area contributed by atoms with Gasteiger partial charge in [-0.2, -0.15) is 0 Å². The van der Waals surface area contributed by atoms with Gasteiger partial charge in [0, 0.05) is 6.54 Å². The lowest BCUT2D eigenvalue weighted by atomic mass is 10.6. The molecule has 0 rings (SSSR count). The van der Waals surface area contributed by atoms with Crippen LogP contribution in [0.4, 0.5) is 0 Å². The Labute approximate surface area is 48.2 Å². The lowest BCUT2D eigenvalue weighted by molar-refractivity contribution is 0.182.